The van der Waals surface area contributed by atoms with Gasteiger partial charge in [-0.1, -0.05) is 6.08 Å². The molecule has 0 unspecified atom stereocenters. The van der Waals surface area contributed by atoms with Crippen LogP contribution in [0, 0.1) is 0 Å². The van der Waals surface area contributed by atoms with Crippen LogP contribution in [0.4, 0.5) is 0 Å². The summed E-state index contributed by atoms with van der Waals surface area (Å²) in [7, 11) is 3.86. The number of nitrogens with zero attached hydrogens (tertiary/aromatic N) is 1. The molecule has 0 spiro atoms. The number of amides is 1. The van der Waals surface area contributed by atoms with E-state index in [2.05, 4.69) is 0 Å². The standard InChI is InChI=1S/C10H20N2O/c1-10(2,3)11-9(13)7-6-8-12(4)5/h6-7H,8H2,1-5H3,(H,11,13)/b7-6+/i/hD. The maximum atomic E-state index is 11.4. The van der Waals surface area contributed by atoms with Crippen molar-refractivity contribution in [2.24, 2.45) is 0 Å². The predicted molar refractivity (Wildman–Crippen MR) is 55.6 cm³/mol. The molecule has 0 heterocycles. The first kappa shape index (κ1) is 10.3. The average molecular weight is 185 g/mol. The van der Waals surface area contributed by atoms with E-state index in [1.54, 1.807) is 6.08 Å². The van der Waals surface area contributed by atoms with E-state index in [0.29, 0.717) is 6.54 Å². The number of hydrogen-bond acceptors (Lipinski definition) is 2. The maximum absolute atomic E-state index is 11.4. The molecular formula is C10H20N2O. The number of nitrogens with one attached hydrogen (secondary N) is 1. The van der Waals surface area contributed by atoms with Gasteiger partial charge in [0.25, 0.3) is 0 Å². The molecule has 0 aliphatic carbocycles. The Morgan fingerprint density at radius 3 is 2.46 bits per heavy atom. The average Bonchev–Trinajstić information content (AvgIpc) is 2.00. The van der Waals surface area contributed by atoms with E-state index >= 15 is 0 Å². The highest BCUT2D eigenvalue weighted by Gasteiger charge is 2.10. The van der Waals surface area contributed by atoms with E-state index in [1.807, 2.05) is 39.8 Å². The normalized spacial score (nSPS) is 13.5. The van der Waals surface area contributed by atoms with E-state index in [9.17, 15) is 4.79 Å². The first-order chi connectivity index (χ1) is 6.25. The molecule has 0 atom stereocenters. The molecule has 0 fully saturated rings. The van der Waals surface area contributed by atoms with Crippen molar-refractivity contribution in [3.63, 3.8) is 0 Å². The molecule has 0 aromatic carbocycles. The van der Waals surface area contributed by atoms with Crippen molar-refractivity contribution in [3.05, 3.63) is 12.2 Å². The van der Waals surface area contributed by atoms with Gasteiger partial charge in [0.15, 0.2) is 1.41 Å². The minimum Gasteiger partial charge on any atom is -0.348 e. The summed E-state index contributed by atoms with van der Waals surface area (Å²) in [5.74, 6) is -0.278. The van der Waals surface area contributed by atoms with Gasteiger partial charge < -0.3 is 10.2 Å². The van der Waals surface area contributed by atoms with Crippen molar-refractivity contribution in [3.8, 4) is 0 Å². The van der Waals surface area contributed by atoms with E-state index in [0.717, 1.165) is 5.31 Å². The van der Waals surface area contributed by atoms with E-state index in [4.69, 9.17) is 1.41 Å². The smallest absolute Gasteiger partial charge is 0.244 e. The fourth-order valence-corrected chi connectivity index (χ4v) is 0.732. The van der Waals surface area contributed by atoms with Crippen LogP contribution in [0.25, 0.3) is 0 Å². The summed E-state index contributed by atoms with van der Waals surface area (Å²) in [5.41, 5.74) is -0.445. The van der Waals surface area contributed by atoms with Crippen molar-refractivity contribution in [1.29, 1.82) is 0 Å². The van der Waals surface area contributed by atoms with Crippen molar-refractivity contribution in [2.45, 2.75) is 26.3 Å². The number of likely N-dealkylation sites (N-methyl/N-ethyl adjacent to an activating group) is 1. The fraction of sp³-hybridized carbons (Fsp3) is 0.700. The van der Waals surface area contributed by atoms with Crippen LogP contribution in [0.15, 0.2) is 12.2 Å². The minimum absolute atomic E-state index is 0.278. The number of carbonyl (C=O) groups excluding carboxylic acids is 1. The van der Waals surface area contributed by atoms with Gasteiger partial charge in [0.2, 0.25) is 5.91 Å². The molecule has 0 aromatic heterocycles. The molecule has 1 amide bonds. The Labute approximate surface area is 82.3 Å². The first-order valence-corrected chi connectivity index (χ1v) is 4.39. The van der Waals surface area contributed by atoms with Crippen molar-refractivity contribution >= 4 is 5.91 Å². The second-order valence-corrected chi connectivity index (χ2v) is 4.29. The highest BCUT2D eigenvalue weighted by atomic mass is 16.1. The third kappa shape index (κ3) is 9.08. The maximum Gasteiger partial charge on any atom is 0.244 e. The second-order valence-electron chi connectivity index (χ2n) is 4.29. The Hall–Kier alpha value is -0.830. The molecule has 3 nitrogen and oxygen atoms in total. The Kier molecular flexibility index (Phi) is 3.96. The lowest BCUT2D eigenvalue weighted by Crippen LogP contribution is -2.39. The van der Waals surface area contributed by atoms with Crippen LogP contribution in [0.3, 0.4) is 0 Å². The monoisotopic (exact) mass is 185 g/mol. The van der Waals surface area contributed by atoms with Crippen molar-refractivity contribution in [1.82, 2.24) is 10.2 Å². The molecule has 0 saturated carbocycles. The molecule has 0 rings (SSSR count). The molecule has 0 saturated heterocycles. The van der Waals surface area contributed by atoms with E-state index < -0.39 is 5.54 Å². The van der Waals surface area contributed by atoms with Crippen LogP contribution in [0.5, 0.6) is 0 Å². The SMILES string of the molecule is [2H]N(C(=O)/C=C/CN(C)C)C(C)(C)C. The zero-order valence-corrected chi connectivity index (χ0v) is 9.16. The predicted octanol–water partition coefficient (Wildman–Crippen LogP) is 1.02. The molecular weight excluding hydrogens is 164 g/mol. The molecule has 0 aliphatic rings. The summed E-state index contributed by atoms with van der Waals surface area (Å²) in [6.45, 7) is 6.21. The van der Waals surface area contributed by atoms with Gasteiger partial charge in [-0.15, -0.1) is 0 Å². The molecule has 0 radical (unpaired) electrons. The highest BCUT2D eigenvalue weighted by molar-refractivity contribution is 5.87. The van der Waals surface area contributed by atoms with E-state index in [1.165, 1.54) is 6.08 Å². The van der Waals surface area contributed by atoms with Crippen LogP contribution in [0.2, 0.25) is 1.41 Å². The summed E-state index contributed by atoms with van der Waals surface area (Å²) in [6.07, 6.45) is 3.20. The summed E-state index contributed by atoms with van der Waals surface area (Å²) in [5, 5.41) is 0.985. The zero-order valence-electron chi connectivity index (χ0n) is 10.2. The third-order valence-electron chi connectivity index (χ3n) is 1.18. The van der Waals surface area contributed by atoms with Gasteiger partial charge >= 0.3 is 0 Å². The number of rotatable bonds is 3. The fourth-order valence-electron chi connectivity index (χ4n) is 0.732. The van der Waals surface area contributed by atoms with Crippen LogP contribution in [0.1, 0.15) is 20.8 Å². The van der Waals surface area contributed by atoms with Crippen LogP contribution < -0.4 is 5.31 Å². The molecule has 76 valence electrons. The molecule has 0 aromatic rings. The van der Waals surface area contributed by atoms with Gasteiger partial charge in [-0.25, -0.2) is 0 Å². The second kappa shape index (κ2) is 5.02. The minimum atomic E-state index is -0.445. The summed E-state index contributed by atoms with van der Waals surface area (Å²) in [4.78, 5) is 13.4. The van der Waals surface area contributed by atoms with Gasteiger partial charge in [0, 0.05) is 18.2 Å². The van der Waals surface area contributed by atoms with Crippen LogP contribution in [-0.2, 0) is 4.79 Å². The third-order valence-corrected chi connectivity index (χ3v) is 1.18. The van der Waals surface area contributed by atoms with Crippen LogP contribution >= 0.6 is 0 Å². The summed E-state index contributed by atoms with van der Waals surface area (Å²) >= 11 is 0. The molecule has 0 aliphatic heterocycles. The Bertz CT molecular complexity index is 219. The van der Waals surface area contributed by atoms with Gasteiger partial charge in [-0.3, -0.25) is 4.79 Å². The van der Waals surface area contributed by atoms with E-state index in [-0.39, 0.29) is 5.91 Å². The van der Waals surface area contributed by atoms with Gasteiger partial charge in [0.1, 0.15) is 0 Å². The lowest BCUT2D eigenvalue weighted by atomic mass is 10.1. The molecule has 0 bridgehead atoms. The highest BCUT2D eigenvalue weighted by Crippen LogP contribution is 1.97. The summed E-state index contributed by atoms with van der Waals surface area (Å²) < 4.78 is 7.53. The quantitative estimate of drug-likeness (QED) is 0.666. The number of hydrogen-bond donors (Lipinski definition) is 1. The van der Waals surface area contributed by atoms with Crippen LogP contribution in [-0.4, -0.2) is 37.0 Å². The van der Waals surface area contributed by atoms with Crippen molar-refractivity contribution in [2.75, 3.05) is 20.6 Å². The van der Waals surface area contributed by atoms with Gasteiger partial charge in [-0.05, 0) is 34.9 Å². The first-order valence-electron chi connectivity index (χ1n) is 4.84. The lowest BCUT2D eigenvalue weighted by molar-refractivity contribution is -0.117. The largest absolute Gasteiger partial charge is 0.348 e. The zero-order chi connectivity index (χ0) is 11.4. The summed E-state index contributed by atoms with van der Waals surface area (Å²) in [6, 6.07) is 0. The molecule has 13 heavy (non-hydrogen) atoms. The van der Waals surface area contributed by atoms with Gasteiger partial charge in [0.05, 0.1) is 0 Å². The lowest BCUT2D eigenvalue weighted by Gasteiger charge is -2.19. The molecule has 1 N–H and O–H groups in total. The Morgan fingerprint density at radius 1 is 1.54 bits per heavy atom. The Morgan fingerprint density at radius 2 is 2.08 bits per heavy atom. The van der Waals surface area contributed by atoms with Crippen molar-refractivity contribution < 1.29 is 6.21 Å². The topological polar surface area (TPSA) is 32.3 Å². The number of carbonyl (C=O) groups is 1. The molecule has 3 heteroatoms. The Balaban J connectivity index is 4.15. The van der Waals surface area contributed by atoms with Gasteiger partial charge in [-0.2, -0.15) is 0 Å².